The molecule has 3 heteroatoms. The molecule has 2 rings (SSSR count). The molecular weight excluding hydrogens is 248 g/mol. The molecule has 0 aromatic heterocycles. The van der Waals surface area contributed by atoms with Crippen molar-refractivity contribution in [3.63, 3.8) is 0 Å². The van der Waals surface area contributed by atoms with Crippen molar-refractivity contribution < 1.29 is 9.47 Å². The van der Waals surface area contributed by atoms with E-state index in [9.17, 15) is 0 Å². The minimum atomic E-state index is -0.0615. The lowest BCUT2D eigenvalue weighted by atomic mass is 9.97. The summed E-state index contributed by atoms with van der Waals surface area (Å²) in [5, 5.41) is -0.0615. The zero-order valence-corrected chi connectivity index (χ0v) is 12.1. The first-order valence-electron chi connectivity index (χ1n) is 6.54. The number of alkyl halides is 1. The number of halogens is 1. The lowest BCUT2D eigenvalue weighted by molar-refractivity contribution is 0.0135. The summed E-state index contributed by atoms with van der Waals surface area (Å²) in [6, 6.07) is 4.23. The van der Waals surface area contributed by atoms with Crippen molar-refractivity contribution in [2.24, 2.45) is 0 Å². The van der Waals surface area contributed by atoms with Crippen LogP contribution in [0.2, 0.25) is 0 Å². The molecule has 1 fully saturated rings. The van der Waals surface area contributed by atoms with Gasteiger partial charge in [0.2, 0.25) is 0 Å². The first-order chi connectivity index (χ1) is 8.63. The molecule has 1 aromatic rings. The molecule has 1 aliphatic heterocycles. The molecule has 2 nitrogen and oxygen atoms in total. The number of benzene rings is 1. The largest absolute Gasteiger partial charge is 0.496 e. The van der Waals surface area contributed by atoms with Gasteiger partial charge in [-0.2, -0.15) is 0 Å². The van der Waals surface area contributed by atoms with Crippen LogP contribution in [0.3, 0.4) is 0 Å². The van der Waals surface area contributed by atoms with E-state index in [4.69, 9.17) is 21.1 Å². The summed E-state index contributed by atoms with van der Waals surface area (Å²) in [6.07, 6.45) is 3.56. The Kier molecular flexibility index (Phi) is 4.52. The van der Waals surface area contributed by atoms with E-state index >= 15 is 0 Å². The van der Waals surface area contributed by atoms with E-state index in [0.29, 0.717) is 0 Å². The maximum atomic E-state index is 6.56. The van der Waals surface area contributed by atoms with Gasteiger partial charge in [0.05, 0.1) is 18.6 Å². The molecule has 0 saturated carbocycles. The summed E-state index contributed by atoms with van der Waals surface area (Å²) in [5.41, 5.74) is 3.40. The maximum Gasteiger partial charge on any atom is 0.124 e. The minimum absolute atomic E-state index is 0.0615. The second kappa shape index (κ2) is 5.94. The average Bonchev–Trinajstić information content (AvgIpc) is 2.38. The molecule has 0 bridgehead atoms. The zero-order valence-electron chi connectivity index (χ0n) is 11.3. The van der Waals surface area contributed by atoms with Gasteiger partial charge in [-0.15, -0.1) is 11.6 Å². The van der Waals surface area contributed by atoms with E-state index in [2.05, 4.69) is 26.0 Å². The van der Waals surface area contributed by atoms with Crippen LogP contribution in [0.15, 0.2) is 12.1 Å². The summed E-state index contributed by atoms with van der Waals surface area (Å²) in [4.78, 5) is 0. The number of methoxy groups -OCH3 is 1. The fourth-order valence-corrected chi connectivity index (χ4v) is 3.00. The third kappa shape index (κ3) is 2.81. The van der Waals surface area contributed by atoms with Crippen LogP contribution < -0.4 is 4.74 Å². The van der Waals surface area contributed by atoms with E-state index in [1.807, 2.05) is 0 Å². The van der Waals surface area contributed by atoms with E-state index in [1.165, 1.54) is 6.42 Å². The Morgan fingerprint density at radius 2 is 1.94 bits per heavy atom. The zero-order chi connectivity index (χ0) is 13.1. The third-order valence-electron chi connectivity index (χ3n) is 3.55. The predicted octanol–water partition coefficient (Wildman–Crippen LogP) is 4.16. The molecule has 2 atom stereocenters. The Hall–Kier alpha value is -0.730. The van der Waals surface area contributed by atoms with Gasteiger partial charge in [0.1, 0.15) is 5.75 Å². The molecular formula is C15H21ClO2. The molecule has 0 aliphatic carbocycles. The van der Waals surface area contributed by atoms with Crippen molar-refractivity contribution in [2.45, 2.75) is 44.6 Å². The van der Waals surface area contributed by atoms with E-state index in [0.717, 1.165) is 41.9 Å². The molecule has 0 N–H and O–H groups in total. The van der Waals surface area contributed by atoms with Gasteiger partial charge in [-0.25, -0.2) is 0 Å². The second-order valence-electron chi connectivity index (χ2n) is 4.99. The standard InChI is InChI=1S/C15H21ClO2/c1-10-8-12(9-11(2)15(10)17-3)14(16)13-6-4-5-7-18-13/h8-9,13-14H,4-7H2,1-3H3. The Balaban J connectivity index is 2.22. The van der Waals surface area contributed by atoms with Gasteiger partial charge in [0, 0.05) is 6.61 Å². The van der Waals surface area contributed by atoms with Gasteiger partial charge >= 0.3 is 0 Å². The third-order valence-corrected chi connectivity index (χ3v) is 4.08. The highest BCUT2D eigenvalue weighted by Crippen LogP contribution is 2.35. The molecule has 2 unspecified atom stereocenters. The van der Waals surface area contributed by atoms with Gasteiger partial charge in [0.25, 0.3) is 0 Å². The van der Waals surface area contributed by atoms with Crippen LogP contribution in [0.25, 0.3) is 0 Å². The Morgan fingerprint density at radius 1 is 1.28 bits per heavy atom. The van der Waals surface area contributed by atoms with Gasteiger partial charge in [0.15, 0.2) is 0 Å². The van der Waals surface area contributed by atoms with Crippen molar-refractivity contribution >= 4 is 11.6 Å². The lowest BCUT2D eigenvalue weighted by Crippen LogP contribution is -2.23. The van der Waals surface area contributed by atoms with Gasteiger partial charge < -0.3 is 9.47 Å². The molecule has 1 saturated heterocycles. The fourth-order valence-electron chi connectivity index (χ4n) is 2.68. The van der Waals surface area contributed by atoms with Gasteiger partial charge in [-0.1, -0.05) is 12.1 Å². The summed E-state index contributed by atoms with van der Waals surface area (Å²) in [6.45, 7) is 4.95. The molecule has 0 spiro atoms. The molecule has 18 heavy (non-hydrogen) atoms. The van der Waals surface area contributed by atoms with Gasteiger partial charge in [-0.3, -0.25) is 0 Å². The second-order valence-corrected chi connectivity index (χ2v) is 5.46. The summed E-state index contributed by atoms with van der Waals surface area (Å²) >= 11 is 6.56. The van der Waals surface area contributed by atoms with Crippen LogP contribution in [0.5, 0.6) is 5.75 Å². The number of ether oxygens (including phenoxy) is 2. The van der Waals surface area contributed by atoms with Crippen LogP contribution in [0, 0.1) is 13.8 Å². The highest BCUT2D eigenvalue weighted by Gasteiger charge is 2.25. The topological polar surface area (TPSA) is 18.5 Å². The van der Waals surface area contributed by atoms with Crippen molar-refractivity contribution in [3.05, 3.63) is 28.8 Å². The maximum absolute atomic E-state index is 6.56. The Bertz CT molecular complexity index is 388. The van der Waals surface area contributed by atoms with Crippen LogP contribution in [0.1, 0.15) is 41.3 Å². The SMILES string of the molecule is COc1c(C)cc(C(Cl)C2CCCCO2)cc1C. The number of hydrogen-bond donors (Lipinski definition) is 0. The van der Waals surface area contributed by atoms with Crippen LogP contribution in [-0.4, -0.2) is 19.8 Å². The number of rotatable bonds is 3. The quantitative estimate of drug-likeness (QED) is 0.767. The van der Waals surface area contributed by atoms with Crippen LogP contribution in [0.4, 0.5) is 0 Å². The number of aryl methyl sites for hydroxylation is 2. The van der Waals surface area contributed by atoms with Crippen molar-refractivity contribution in [3.8, 4) is 5.75 Å². The molecule has 1 aromatic carbocycles. The fraction of sp³-hybridized carbons (Fsp3) is 0.600. The van der Waals surface area contributed by atoms with Crippen molar-refractivity contribution in [1.29, 1.82) is 0 Å². The van der Waals surface area contributed by atoms with Crippen molar-refractivity contribution in [2.75, 3.05) is 13.7 Å². The lowest BCUT2D eigenvalue weighted by Gasteiger charge is -2.27. The Labute approximate surface area is 114 Å². The average molecular weight is 269 g/mol. The highest BCUT2D eigenvalue weighted by atomic mass is 35.5. The van der Waals surface area contributed by atoms with Crippen molar-refractivity contribution in [1.82, 2.24) is 0 Å². The minimum Gasteiger partial charge on any atom is -0.496 e. The normalized spacial score (nSPS) is 21.7. The highest BCUT2D eigenvalue weighted by molar-refractivity contribution is 6.21. The predicted molar refractivity (Wildman–Crippen MR) is 74.7 cm³/mol. The molecule has 0 radical (unpaired) electrons. The summed E-state index contributed by atoms with van der Waals surface area (Å²) < 4.78 is 11.1. The van der Waals surface area contributed by atoms with Crippen LogP contribution >= 0.6 is 11.6 Å². The first-order valence-corrected chi connectivity index (χ1v) is 6.98. The van der Waals surface area contributed by atoms with E-state index < -0.39 is 0 Å². The van der Waals surface area contributed by atoms with Crippen LogP contribution in [-0.2, 0) is 4.74 Å². The Morgan fingerprint density at radius 3 is 2.44 bits per heavy atom. The smallest absolute Gasteiger partial charge is 0.124 e. The first kappa shape index (κ1) is 13.7. The van der Waals surface area contributed by atoms with Gasteiger partial charge in [-0.05, 0) is 49.8 Å². The summed E-state index contributed by atoms with van der Waals surface area (Å²) in [5.74, 6) is 0.951. The monoisotopic (exact) mass is 268 g/mol. The summed E-state index contributed by atoms with van der Waals surface area (Å²) in [7, 11) is 1.71. The molecule has 0 amide bonds. The van der Waals surface area contributed by atoms with E-state index in [1.54, 1.807) is 7.11 Å². The molecule has 100 valence electrons. The molecule has 1 aliphatic rings. The van der Waals surface area contributed by atoms with E-state index in [-0.39, 0.29) is 11.5 Å². The molecule has 1 heterocycles. The number of hydrogen-bond acceptors (Lipinski definition) is 2.